The van der Waals surface area contributed by atoms with Crippen LogP contribution in [0.4, 0.5) is 5.69 Å². The van der Waals surface area contributed by atoms with E-state index in [1.807, 2.05) is 12.1 Å². The third kappa shape index (κ3) is 11.6. The summed E-state index contributed by atoms with van der Waals surface area (Å²) in [5, 5.41) is 21.7. The normalized spacial score (nSPS) is 11.2. The van der Waals surface area contributed by atoms with Gasteiger partial charge in [0.15, 0.2) is 11.5 Å². The highest BCUT2D eigenvalue weighted by molar-refractivity contribution is 6.01. The van der Waals surface area contributed by atoms with Crippen LogP contribution in [0.1, 0.15) is 95.1 Å². The molecule has 2 aromatic carbocycles. The summed E-state index contributed by atoms with van der Waals surface area (Å²) < 4.78 is 0. The molecule has 0 bridgehead atoms. The van der Waals surface area contributed by atoms with Gasteiger partial charge in [0, 0.05) is 11.8 Å². The van der Waals surface area contributed by atoms with E-state index in [1.165, 1.54) is 101 Å². The maximum Gasteiger partial charge on any atom is 0.248 e. The summed E-state index contributed by atoms with van der Waals surface area (Å²) in [6.07, 6.45) is 20.4. The smallest absolute Gasteiger partial charge is 0.248 e. The van der Waals surface area contributed by atoms with Gasteiger partial charge >= 0.3 is 0 Å². The Morgan fingerprint density at radius 1 is 0.758 bits per heavy atom. The Balaban J connectivity index is 1.56. The summed E-state index contributed by atoms with van der Waals surface area (Å²) in [6, 6.07) is 12.5. The van der Waals surface area contributed by atoms with Crippen molar-refractivity contribution in [2.45, 2.75) is 90.4 Å². The first-order chi connectivity index (χ1) is 16.1. The van der Waals surface area contributed by atoms with Crippen LogP contribution in [0.25, 0.3) is 6.08 Å². The highest BCUT2D eigenvalue weighted by atomic mass is 16.3. The van der Waals surface area contributed by atoms with Crippen LogP contribution < -0.4 is 5.32 Å². The van der Waals surface area contributed by atoms with Crippen molar-refractivity contribution < 1.29 is 15.0 Å². The van der Waals surface area contributed by atoms with Crippen LogP contribution in [0.2, 0.25) is 0 Å². The van der Waals surface area contributed by atoms with Gasteiger partial charge in [-0.2, -0.15) is 0 Å². The van der Waals surface area contributed by atoms with Crippen molar-refractivity contribution in [3.8, 4) is 11.5 Å². The van der Waals surface area contributed by atoms with Crippen molar-refractivity contribution in [1.29, 1.82) is 0 Å². The van der Waals surface area contributed by atoms with Crippen LogP contribution in [-0.4, -0.2) is 16.1 Å². The number of carbonyl (C=O) groups is 1. The van der Waals surface area contributed by atoms with Gasteiger partial charge in [0.05, 0.1) is 0 Å². The first-order valence-electron chi connectivity index (χ1n) is 12.7. The maximum atomic E-state index is 12.1. The number of phenolic OH excluding ortho intramolecular Hbond substituents is 2. The molecular formula is C29H41NO3. The second-order valence-electron chi connectivity index (χ2n) is 8.91. The van der Waals surface area contributed by atoms with Gasteiger partial charge < -0.3 is 15.5 Å². The molecule has 1 amide bonds. The van der Waals surface area contributed by atoms with Gasteiger partial charge in [0.2, 0.25) is 5.91 Å². The number of rotatable bonds is 16. The first kappa shape index (κ1) is 26.5. The number of hydrogen-bond acceptors (Lipinski definition) is 3. The van der Waals surface area contributed by atoms with Crippen molar-refractivity contribution in [2.24, 2.45) is 0 Å². The maximum absolute atomic E-state index is 12.1. The van der Waals surface area contributed by atoms with E-state index in [4.69, 9.17) is 0 Å². The zero-order valence-electron chi connectivity index (χ0n) is 20.2. The number of phenols is 2. The summed E-state index contributed by atoms with van der Waals surface area (Å²) in [7, 11) is 0. The molecule has 2 rings (SSSR count). The van der Waals surface area contributed by atoms with E-state index in [1.54, 1.807) is 12.1 Å². The van der Waals surface area contributed by atoms with Crippen LogP contribution in [0, 0.1) is 0 Å². The van der Waals surface area contributed by atoms with Gasteiger partial charge in [-0.3, -0.25) is 4.79 Å². The standard InChI is InChI=1S/C29H41NO3/c1-2-3-4-5-6-7-8-9-10-11-12-13-14-24-15-19-26(20-16-24)30-29(33)22-18-25-17-21-27(31)28(32)23-25/h15-23,31-32H,2-14H2,1H3,(H,30,33). The van der Waals surface area contributed by atoms with Gasteiger partial charge in [-0.25, -0.2) is 0 Å². The van der Waals surface area contributed by atoms with E-state index in [2.05, 4.69) is 24.4 Å². The molecule has 0 radical (unpaired) electrons. The largest absolute Gasteiger partial charge is 0.504 e. The van der Waals surface area contributed by atoms with Crippen molar-refractivity contribution in [1.82, 2.24) is 0 Å². The molecule has 180 valence electrons. The molecule has 0 aliphatic carbocycles. The Kier molecular flexibility index (Phi) is 12.8. The Morgan fingerprint density at radius 3 is 1.91 bits per heavy atom. The predicted octanol–water partition coefficient (Wildman–Crippen LogP) is 7.99. The van der Waals surface area contributed by atoms with Crippen LogP contribution in [-0.2, 0) is 11.2 Å². The molecule has 4 heteroatoms. The molecule has 0 aliphatic heterocycles. The molecule has 0 fully saturated rings. The molecule has 0 unspecified atom stereocenters. The fraction of sp³-hybridized carbons (Fsp3) is 0.483. The van der Waals surface area contributed by atoms with Crippen molar-refractivity contribution in [3.05, 3.63) is 59.7 Å². The molecule has 0 spiro atoms. The molecule has 3 N–H and O–H groups in total. The second kappa shape index (κ2) is 16.0. The Morgan fingerprint density at radius 2 is 1.33 bits per heavy atom. The Labute approximate surface area is 199 Å². The number of anilines is 1. The monoisotopic (exact) mass is 451 g/mol. The highest BCUT2D eigenvalue weighted by Gasteiger charge is 2.01. The van der Waals surface area contributed by atoms with E-state index < -0.39 is 0 Å². The molecule has 0 aliphatic rings. The van der Waals surface area contributed by atoms with Crippen LogP contribution in [0.15, 0.2) is 48.5 Å². The zero-order chi connectivity index (χ0) is 23.7. The van der Waals surface area contributed by atoms with E-state index in [0.717, 1.165) is 12.1 Å². The lowest BCUT2D eigenvalue weighted by Gasteiger charge is -2.06. The average molecular weight is 452 g/mol. The number of unbranched alkanes of at least 4 members (excludes halogenated alkanes) is 11. The summed E-state index contributed by atoms with van der Waals surface area (Å²) in [5.41, 5.74) is 2.70. The summed E-state index contributed by atoms with van der Waals surface area (Å²) in [5.74, 6) is -0.627. The molecule has 0 heterocycles. The number of aryl methyl sites for hydroxylation is 1. The van der Waals surface area contributed by atoms with Gasteiger partial charge in [-0.15, -0.1) is 0 Å². The van der Waals surface area contributed by atoms with E-state index in [0.29, 0.717) is 5.56 Å². The minimum atomic E-state index is -0.240. The number of amides is 1. The minimum absolute atomic E-state index is 0.180. The predicted molar refractivity (Wildman–Crippen MR) is 139 cm³/mol. The molecule has 33 heavy (non-hydrogen) atoms. The zero-order valence-corrected chi connectivity index (χ0v) is 20.2. The first-order valence-corrected chi connectivity index (χ1v) is 12.7. The number of aromatic hydroxyl groups is 2. The van der Waals surface area contributed by atoms with E-state index in [9.17, 15) is 15.0 Å². The quantitative estimate of drug-likeness (QED) is 0.138. The Bertz CT molecular complexity index is 842. The van der Waals surface area contributed by atoms with Gasteiger partial charge in [-0.1, -0.05) is 95.8 Å². The van der Waals surface area contributed by atoms with Gasteiger partial charge in [-0.05, 0) is 54.3 Å². The van der Waals surface area contributed by atoms with Crippen LogP contribution >= 0.6 is 0 Å². The lowest BCUT2D eigenvalue weighted by molar-refractivity contribution is -0.111. The number of nitrogens with one attached hydrogen (secondary N) is 1. The summed E-state index contributed by atoms with van der Waals surface area (Å²) >= 11 is 0. The molecule has 0 atom stereocenters. The van der Waals surface area contributed by atoms with Crippen LogP contribution in [0.5, 0.6) is 11.5 Å². The topological polar surface area (TPSA) is 69.6 Å². The summed E-state index contributed by atoms with van der Waals surface area (Å²) in [4.78, 5) is 12.1. The molecule has 2 aromatic rings. The lowest BCUT2D eigenvalue weighted by Crippen LogP contribution is -2.07. The molecular weight excluding hydrogens is 410 g/mol. The molecule has 0 saturated heterocycles. The Hall–Kier alpha value is -2.75. The van der Waals surface area contributed by atoms with Crippen molar-refractivity contribution in [2.75, 3.05) is 5.32 Å². The number of carbonyl (C=O) groups excluding carboxylic acids is 1. The lowest BCUT2D eigenvalue weighted by atomic mass is 10.0. The SMILES string of the molecule is CCCCCCCCCCCCCCc1ccc(NC(=O)C=Cc2ccc(O)c(O)c2)cc1. The number of hydrogen-bond donors (Lipinski definition) is 3. The third-order valence-corrected chi connectivity index (χ3v) is 5.97. The molecule has 4 nitrogen and oxygen atoms in total. The summed E-state index contributed by atoms with van der Waals surface area (Å²) in [6.45, 7) is 2.27. The van der Waals surface area contributed by atoms with E-state index >= 15 is 0 Å². The molecule has 0 saturated carbocycles. The van der Waals surface area contributed by atoms with Crippen molar-refractivity contribution >= 4 is 17.7 Å². The average Bonchev–Trinajstić information content (AvgIpc) is 2.81. The van der Waals surface area contributed by atoms with Crippen molar-refractivity contribution in [3.63, 3.8) is 0 Å². The van der Waals surface area contributed by atoms with E-state index in [-0.39, 0.29) is 17.4 Å². The number of benzene rings is 2. The second-order valence-corrected chi connectivity index (χ2v) is 8.91. The minimum Gasteiger partial charge on any atom is -0.504 e. The fourth-order valence-electron chi connectivity index (χ4n) is 3.92. The third-order valence-electron chi connectivity index (χ3n) is 5.97. The van der Waals surface area contributed by atoms with Gasteiger partial charge in [0.25, 0.3) is 0 Å². The van der Waals surface area contributed by atoms with Gasteiger partial charge in [0.1, 0.15) is 0 Å². The highest BCUT2D eigenvalue weighted by Crippen LogP contribution is 2.25. The fourth-order valence-corrected chi connectivity index (χ4v) is 3.92. The molecule has 0 aromatic heterocycles. The van der Waals surface area contributed by atoms with Crippen LogP contribution in [0.3, 0.4) is 0 Å².